The van der Waals surface area contributed by atoms with Gasteiger partial charge in [0.25, 0.3) is 0 Å². The standard InChI is InChI=1S/C10H15BrOS/c1-2-12-5-3-10(11)7-9-4-6-13-8-9/h4,6,8,10H,2-3,5,7H2,1H3. The second-order valence-electron chi connectivity index (χ2n) is 2.92. The SMILES string of the molecule is CCOCCC(Br)Cc1ccsc1. The average Bonchev–Trinajstić information content (AvgIpc) is 2.57. The zero-order valence-corrected chi connectivity index (χ0v) is 10.2. The highest BCUT2D eigenvalue weighted by Crippen LogP contribution is 2.15. The topological polar surface area (TPSA) is 9.23 Å². The van der Waals surface area contributed by atoms with Gasteiger partial charge in [0.05, 0.1) is 0 Å². The van der Waals surface area contributed by atoms with Crippen molar-refractivity contribution in [2.24, 2.45) is 0 Å². The molecule has 1 heterocycles. The van der Waals surface area contributed by atoms with Crippen LogP contribution in [-0.4, -0.2) is 18.0 Å². The van der Waals surface area contributed by atoms with E-state index in [1.807, 2.05) is 6.92 Å². The summed E-state index contributed by atoms with van der Waals surface area (Å²) in [6.45, 7) is 3.71. The minimum Gasteiger partial charge on any atom is -0.382 e. The van der Waals surface area contributed by atoms with Gasteiger partial charge in [0.2, 0.25) is 0 Å². The van der Waals surface area contributed by atoms with Gasteiger partial charge in [0.15, 0.2) is 0 Å². The molecule has 1 rings (SSSR count). The van der Waals surface area contributed by atoms with Gasteiger partial charge < -0.3 is 4.74 Å². The molecule has 74 valence electrons. The van der Waals surface area contributed by atoms with Crippen LogP contribution in [0.5, 0.6) is 0 Å². The van der Waals surface area contributed by atoms with Crippen molar-refractivity contribution >= 4 is 27.3 Å². The third-order valence-electron chi connectivity index (χ3n) is 1.82. The molecule has 0 amide bonds. The van der Waals surface area contributed by atoms with Crippen molar-refractivity contribution < 1.29 is 4.74 Å². The van der Waals surface area contributed by atoms with Crippen LogP contribution < -0.4 is 0 Å². The summed E-state index contributed by atoms with van der Waals surface area (Å²) in [6.07, 6.45) is 2.19. The van der Waals surface area contributed by atoms with E-state index in [-0.39, 0.29) is 0 Å². The fraction of sp³-hybridized carbons (Fsp3) is 0.600. The Morgan fingerprint density at radius 1 is 1.62 bits per heavy atom. The van der Waals surface area contributed by atoms with E-state index in [2.05, 4.69) is 32.8 Å². The van der Waals surface area contributed by atoms with Crippen molar-refractivity contribution in [3.05, 3.63) is 22.4 Å². The first-order chi connectivity index (χ1) is 6.33. The highest BCUT2D eigenvalue weighted by atomic mass is 79.9. The van der Waals surface area contributed by atoms with Crippen LogP contribution in [0.15, 0.2) is 16.8 Å². The van der Waals surface area contributed by atoms with Crippen LogP contribution in [0.3, 0.4) is 0 Å². The highest BCUT2D eigenvalue weighted by Gasteiger charge is 2.05. The summed E-state index contributed by atoms with van der Waals surface area (Å²) in [5, 5.41) is 4.33. The lowest BCUT2D eigenvalue weighted by Gasteiger charge is -2.07. The Labute approximate surface area is 92.2 Å². The lowest BCUT2D eigenvalue weighted by atomic mass is 10.1. The number of ether oxygens (including phenoxy) is 1. The van der Waals surface area contributed by atoms with Crippen molar-refractivity contribution in [1.29, 1.82) is 0 Å². The molecule has 0 aromatic carbocycles. The third-order valence-corrected chi connectivity index (χ3v) is 3.33. The first kappa shape index (κ1) is 11.2. The maximum Gasteiger partial charge on any atom is 0.0476 e. The lowest BCUT2D eigenvalue weighted by Crippen LogP contribution is -2.06. The van der Waals surface area contributed by atoms with Gasteiger partial charge in [-0.1, -0.05) is 15.9 Å². The molecule has 1 atom stereocenters. The number of hydrogen-bond acceptors (Lipinski definition) is 2. The van der Waals surface area contributed by atoms with E-state index in [1.165, 1.54) is 5.56 Å². The normalized spacial score (nSPS) is 13.1. The van der Waals surface area contributed by atoms with Crippen LogP contribution in [0.25, 0.3) is 0 Å². The fourth-order valence-electron chi connectivity index (χ4n) is 1.12. The van der Waals surface area contributed by atoms with E-state index in [0.717, 1.165) is 26.1 Å². The van der Waals surface area contributed by atoms with Gasteiger partial charge in [-0.05, 0) is 42.2 Å². The summed E-state index contributed by atoms with van der Waals surface area (Å²) in [7, 11) is 0. The Bertz CT molecular complexity index is 211. The van der Waals surface area contributed by atoms with Crippen LogP contribution in [0.2, 0.25) is 0 Å². The molecule has 1 aromatic rings. The zero-order valence-electron chi connectivity index (χ0n) is 7.83. The molecule has 3 heteroatoms. The van der Waals surface area contributed by atoms with Gasteiger partial charge in [-0.25, -0.2) is 0 Å². The minimum absolute atomic E-state index is 0.550. The van der Waals surface area contributed by atoms with Crippen LogP contribution in [0, 0.1) is 0 Å². The highest BCUT2D eigenvalue weighted by molar-refractivity contribution is 9.09. The van der Waals surface area contributed by atoms with Crippen molar-refractivity contribution in [1.82, 2.24) is 0 Å². The van der Waals surface area contributed by atoms with Crippen molar-refractivity contribution in [3.63, 3.8) is 0 Å². The van der Waals surface area contributed by atoms with Gasteiger partial charge in [0.1, 0.15) is 0 Å². The minimum atomic E-state index is 0.550. The van der Waals surface area contributed by atoms with Crippen LogP contribution >= 0.6 is 27.3 Å². The van der Waals surface area contributed by atoms with Gasteiger partial charge >= 0.3 is 0 Å². The Kier molecular flexibility index (Phi) is 5.67. The van der Waals surface area contributed by atoms with Crippen molar-refractivity contribution in [3.8, 4) is 0 Å². The molecule has 1 unspecified atom stereocenters. The molecule has 0 saturated carbocycles. The second-order valence-corrected chi connectivity index (χ2v) is 4.99. The molecule has 0 aliphatic rings. The second kappa shape index (κ2) is 6.57. The van der Waals surface area contributed by atoms with Gasteiger partial charge in [-0.2, -0.15) is 11.3 Å². The van der Waals surface area contributed by atoms with E-state index in [0.29, 0.717) is 4.83 Å². The number of alkyl halides is 1. The lowest BCUT2D eigenvalue weighted by molar-refractivity contribution is 0.145. The Morgan fingerprint density at radius 2 is 2.46 bits per heavy atom. The third kappa shape index (κ3) is 4.79. The predicted molar refractivity (Wildman–Crippen MR) is 61.8 cm³/mol. The Morgan fingerprint density at radius 3 is 3.08 bits per heavy atom. The first-order valence-electron chi connectivity index (χ1n) is 4.55. The summed E-state index contributed by atoms with van der Waals surface area (Å²) < 4.78 is 5.30. The smallest absolute Gasteiger partial charge is 0.0476 e. The van der Waals surface area contributed by atoms with Gasteiger partial charge in [-0.15, -0.1) is 0 Å². The van der Waals surface area contributed by atoms with E-state index in [1.54, 1.807) is 11.3 Å². The number of hydrogen-bond donors (Lipinski definition) is 0. The molecular weight excluding hydrogens is 248 g/mol. The largest absolute Gasteiger partial charge is 0.382 e. The number of rotatable bonds is 6. The zero-order chi connectivity index (χ0) is 9.52. The molecule has 0 aliphatic heterocycles. The summed E-state index contributed by atoms with van der Waals surface area (Å²) in [4.78, 5) is 0.550. The van der Waals surface area contributed by atoms with Crippen molar-refractivity contribution in [2.75, 3.05) is 13.2 Å². The monoisotopic (exact) mass is 262 g/mol. The van der Waals surface area contributed by atoms with Gasteiger partial charge in [-0.3, -0.25) is 0 Å². The molecule has 0 N–H and O–H groups in total. The average molecular weight is 263 g/mol. The molecule has 1 aromatic heterocycles. The molecular formula is C10H15BrOS. The molecule has 0 bridgehead atoms. The number of thiophene rings is 1. The molecule has 1 nitrogen and oxygen atoms in total. The number of halogens is 1. The quantitative estimate of drug-likeness (QED) is 0.564. The summed E-state index contributed by atoms with van der Waals surface area (Å²) in [5.41, 5.74) is 1.42. The summed E-state index contributed by atoms with van der Waals surface area (Å²) in [6, 6.07) is 2.18. The summed E-state index contributed by atoms with van der Waals surface area (Å²) in [5.74, 6) is 0. The maximum absolute atomic E-state index is 5.30. The summed E-state index contributed by atoms with van der Waals surface area (Å²) >= 11 is 5.41. The van der Waals surface area contributed by atoms with E-state index in [4.69, 9.17) is 4.74 Å². The van der Waals surface area contributed by atoms with Crippen LogP contribution in [-0.2, 0) is 11.2 Å². The van der Waals surface area contributed by atoms with E-state index < -0.39 is 0 Å². The molecule has 13 heavy (non-hydrogen) atoms. The molecule has 0 spiro atoms. The molecule has 0 fully saturated rings. The maximum atomic E-state index is 5.30. The van der Waals surface area contributed by atoms with Crippen molar-refractivity contribution in [2.45, 2.75) is 24.6 Å². The first-order valence-corrected chi connectivity index (χ1v) is 6.41. The Balaban J connectivity index is 2.14. The molecule has 0 saturated heterocycles. The van der Waals surface area contributed by atoms with E-state index >= 15 is 0 Å². The molecule has 0 radical (unpaired) electrons. The van der Waals surface area contributed by atoms with E-state index in [9.17, 15) is 0 Å². The van der Waals surface area contributed by atoms with Crippen LogP contribution in [0.1, 0.15) is 18.9 Å². The predicted octanol–water partition coefficient (Wildman–Crippen LogP) is 3.48. The Hall–Kier alpha value is 0.140. The van der Waals surface area contributed by atoms with Gasteiger partial charge in [0, 0.05) is 18.0 Å². The molecule has 0 aliphatic carbocycles. The fourth-order valence-corrected chi connectivity index (χ4v) is 2.36. The van der Waals surface area contributed by atoms with Crippen LogP contribution in [0.4, 0.5) is 0 Å².